The number of likely N-dealkylation sites (tertiary alicyclic amines) is 1. The van der Waals surface area contributed by atoms with Gasteiger partial charge in [0.2, 0.25) is 0 Å². The van der Waals surface area contributed by atoms with Gasteiger partial charge < -0.3 is 15.5 Å². The second-order valence-electron chi connectivity index (χ2n) is 4.01. The van der Waals surface area contributed by atoms with Crippen molar-refractivity contribution in [3.05, 3.63) is 0 Å². The summed E-state index contributed by atoms with van der Waals surface area (Å²) in [5.74, 6) is 0.774. The highest BCUT2D eigenvalue weighted by Crippen LogP contribution is 2.15. The Morgan fingerprint density at radius 1 is 1.25 bits per heavy atom. The molecular weight excluding hydrogens is 202 g/mol. The van der Waals surface area contributed by atoms with Crippen LogP contribution in [0, 0.1) is 5.92 Å². The van der Waals surface area contributed by atoms with E-state index in [9.17, 15) is 4.79 Å². The Labute approximate surface area is 99.8 Å². The molecule has 16 heavy (non-hydrogen) atoms. The number of carbonyl (C=O) groups excluding carboxylic acids is 1. The van der Waals surface area contributed by atoms with E-state index in [2.05, 4.69) is 17.6 Å². The maximum absolute atomic E-state index is 11.6. The summed E-state index contributed by atoms with van der Waals surface area (Å²) in [6, 6.07) is 0.0900. The molecular formula is C12H27N3O. The molecule has 0 spiro atoms. The van der Waals surface area contributed by atoms with Crippen LogP contribution in [0.3, 0.4) is 0 Å². The van der Waals surface area contributed by atoms with Crippen LogP contribution in [0.5, 0.6) is 0 Å². The first-order chi connectivity index (χ1) is 7.74. The van der Waals surface area contributed by atoms with Gasteiger partial charge in [-0.25, -0.2) is 4.79 Å². The number of piperidine rings is 1. The number of carbonyl (C=O) groups is 1. The molecule has 4 heteroatoms. The average molecular weight is 229 g/mol. The van der Waals surface area contributed by atoms with Crippen LogP contribution in [0.1, 0.15) is 33.6 Å². The molecule has 1 rings (SSSR count). The number of hydrogen-bond acceptors (Lipinski definition) is 2. The van der Waals surface area contributed by atoms with Crippen LogP contribution >= 0.6 is 0 Å². The van der Waals surface area contributed by atoms with Gasteiger partial charge in [-0.2, -0.15) is 0 Å². The second-order valence-corrected chi connectivity index (χ2v) is 4.01. The van der Waals surface area contributed by atoms with Gasteiger partial charge >= 0.3 is 6.03 Å². The molecule has 0 radical (unpaired) electrons. The van der Waals surface area contributed by atoms with Crippen molar-refractivity contribution >= 4 is 6.03 Å². The molecule has 0 atom stereocenters. The Bertz CT molecular complexity index is 177. The van der Waals surface area contributed by atoms with Crippen molar-refractivity contribution in [2.24, 2.45) is 5.92 Å². The van der Waals surface area contributed by atoms with E-state index in [1.54, 1.807) is 0 Å². The van der Waals surface area contributed by atoms with Crippen molar-refractivity contribution in [1.82, 2.24) is 15.5 Å². The largest absolute Gasteiger partial charge is 0.337 e. The lowest BCUT2D eigenvalue weighted by Crippen LogP contribution is -2.45. The minimum absolute atomic E-state index is 0.0900. The number of nitrogens with one attached hydrogen (secondary N) is 2. The van der Waals surface area contributed by atoms with E-state index in [0.717, 1.165) is 38.4 Å². The van der Waals surface area contributed by atoms with E-state index < -0.39 is 0 Å². The molecule has 2 N–H and O–H groups in total. The predicted octanol–water partition coefficient (Wildman–Crippen LogP) is 1.67. The Kier molecular flexibility index (Phi) is 9.00. The van der Waals surface area contributed by atoms with Gasteiger partial charge in [-0.15, -0.1) is 0 Å². The zero-order valence-corrected chi connectivity index (χ0v) is 11.2. The molecule has 0 aliphatic carbocycles. The molecule has 1 aliphatic heterocycles. The van der Waals surface area contributed by atoms with E-state index in [1.165, 1.54) is 0 Å². The zero-order valence-electron chi connectivity index (χ0n) is 11.2. The van der Waals surface area contributed by atoms with Crippen molar-refractivity contribution in [3.63, 3.8) is 0 Å². The highest BCUT2D eigenvalue weighted by atomic mass is 16.2. The van der Waals surface area contributed by atoms with Gasteiger partial charge in [-0.1, -0.05) is 20.8 Å². The normalized spacial score (nSPS) is 16.4. The van der Waals surface area contributed by atoms with Crippen molar-refractivity contribution < 1.29 is 4.79 Å². The van der Waals surface area contributed by atoms with Gasteiger partial charge in [0, 0.05) is 26.2 Å². The molecule has 0 aromatic carbocycles. The van der Waals surface area contributed by atoms with Crippen LogP contribution in [0.4, 0.5) is 4.79 Å². The van der Waals surface area contributed by atoms with Crippen LogP contribution in [-0.4, -0.2) is 44.2 Å². The van der Waals surface area contributed by atoms with Gasteiger partial charge in [-0.05, 0) is 25.8 Å². The maximum atomic E-state index is 11.6. The van der Waals surface area contributed by atoms with Gasteiger partial charge in [0.15, 0.2) is 0 Å². The van der Waals surface area contributed by atoms with Gasteiger partial charge in [0.25, 0.3) is 0 Å². The van der Waals surface area contributed by atoms with E-state index in [4.69, 9.17) is 0 Å². The van der Waals surface area contributed by atoms with Crippen molar-refractivity contribution in [2.45, 2.75) is 33.6 Å². The summed E-state index contributed by atoms with van der Waals surface area (Å²) >= 11 is 0. The zero-order chi connectivity index (χ0) is 12.4. The summed E-state index contributed by atoms with van der Waals surface area (Å²) in [6.07, 6.45) is 2.28. The fourth-order valence-electron chi connectivity index (χ4n) is 1.62. The van der Waals surface area contributed by atoms with Crippen LogP contribution in [-0.2, 0) is 0 Å². The lowest BCUT2D eigenvalue weighted by atomic mass is 10.00. The fourth-order valence-corrected chi connectivity index (χ4v) is 1.62. The summed E-state index contributed by atoms with van der Waals surface area (Å²) in [5.41, 5.74) is 0. The summed E-state index contributed by atoms with van der Waals surface area (Å²) in [4.78, 5) is 13.5. The molecule has 2 amide bonds. The number of rotatable bonds is 3. The number of amides is 2. The first-order valence-corrected chi connectivity index (χ1v) is 6.41. The smallest absolute Gasteiger partial charge is 0.317 e. The van der Waals surface area contributed by atoms with Crippen LogP contribution in [0.25, 0.3) is 0 Å². The first-order valence-electron chi connectivity index (χ1n) is 6.41. The highest BCUT2D eigenvalue weighted by molar-refractivity contribution is 5.74. The third-order valence-corrected chi connectivity index (χ3v) is 2.72. The molecule has 1 heterocycles. The van der Waals surface area contributed by atoms with Crippen LogP contribution < -0.4 is 10.6 Å². The van der Waals surface area contributed by atoms with Gasteiger partial charge in [-0.3, -0.25) is 0 Å². The minimum Gasteiger partial charge on any atom is -0.337 e. The Morgan fingerprint density at radius 2 is 1.81 bits per heavy atom. The summed E-state index contributed by atoms with van der Waals surface area (Å²) in [6.45, 7) is 9.60. The fraction of sp³-hybridized carbons (Fsp3) is 0.917. The molecule has 0 bridgehead atoms. The third-order valence-electron chi connectivity index (χ3n) is 2.72. The Morgan fingerprint density at radius 3 is 2.31 bits per heavy atom. The minimum atomic E-state index is 0.0900. The molecule has 0 aromatic rings. The lowest BCUT2D eigenvalue weighted by molar-refractivity contribution is 0.174. The number of urea groups is 1. The lowest BCUT2D eigenvalue weighted by Gasteiger charge is -2.30. The van der Waals surface area contributed by atoms with E-state index >= 15 is 0 Å². The van der Waals surface area contributed by atoms with Crippen molar-refractivity contribution in [3.8, 4) is 0 Å². The first kappa shape index (κ1) is 15.2. The highest BCUT2D eigenvalue weighted by Gasteiger charge is 2.19. The summed E-state index contributed by atoms with van der Waals surface area (Å²) in [7, 11) is 1.88. The Balaban J connectivity index is 0.00000106. The molecule has 1 fully saturated rings. The SMILES string of the molecule is CC.CNCCNC(=O)N1CCC(C)CC1. The maximum Gasteiger partial charge on any atom is 0.317 e. The molecule has 4 nitrogen and oxygen atoms in total. The number of hydrogen-bond donors (Lipinski definition) is 2. The van der Waals surface area contributed by atoms with E-state index in [1.807, 2.05) is 25.8 Å². The molecule has 96 valence electrons. The number of likely N-dealkylation sites (N-methyl/N-ethyl adjacent to an activating group) is 1. The van der Waals surface area contributed by atoms with Crippen LogP contribution in [0.2, 0.25) is 0 Å². The van der Waals surface area contributed by atoms with E-state index in [0.29, 0.717) is 6.54 Å². The van der Waals surface area contributed by atoms with Gasteiger partial charge in [0.05, 0.1) is 0 Å². The molecule has 0 saturated carbocycles. The second kappa shape index (κ2) is 9.46. The average Bonchev–Trinajstić information content (AvgIpc) is 2.33. The monoisotopic (exact) mass is 229 g/mol. The quantitative estimate of drug-likeness (QED) is 0.723. The van der Waals surface area contributed by atoms with E-state index in [-0.39, 0.29) is 6.03 Å². The topological polar surface area (TPSA) is 44.4 Å². The number of nitrogens with zero attached hydrogens (tertiary/aromatic N) is 1. The van der Waals surface area contributed by atoms with Gasteiger partial charge in [0.1, 0.15) is 0 Å². The summed E-state index contributed by atoms with van der Waals surface area (Å²) < 4.78 is 0. The molecule has 0 unspecified atom stereocenters. The Hall–Kier alpha value is -0.770. The summed E-state index contributed by atoms with van der Waals surface area (Å²) in [5, 5.41) is 5.89. The standard InChI is InChI=1S/C10H21N3O.C2H6/c1-9-3-7-13(8-4-9)10(14)12-6-5-11-2;1-2/h9,11H,3-8H2,1-2H3,(H,12,14);1-2H3. The van der Waals surface area contributed by atoms with Crippen molar-refractivity contribution in [2.75, 3.05) is 33.2 Å². The van der Waals surface area contributed by atoms with Crippen LogP contribution in [0.15, 0.2) is 0 Å². The molecule has 1 aliphatic rings. The molecule has 0 aromatic heterocycles. The molecule has 1 saturated heterocycles. The van der Waals surface area contributed by atoms with Crippen molar-refractivity contribution in [1.29, 1.82) is 0 Å². The predicted molar refractivity (Wildman–Crippen MR) is 68.6 cm³/mol. The third kappa shape index (κ3) is 5.95.